The van der Waals surface area contributed by atoms with Gasteiger partial charge in [-0.05, 0) is 19.0 Å². The molecule has 3 heteroatoms. The topological polar surface area (TPSA) is 24.5 Å². The Kier molecular flexibility index (Phi) is 3.89. The minimum absolute atomic E-state index is 0.693. The van der Waals surface area contributed by atoms with Gasteiger partial charge in [0.25, 0.3) is 0 Å². The van der Waals surface area contributed by atoms with Crippen molar-refractivity contribution < 1.29 is 4.74 Å². The molecular weight excluding hydrogens is 212 g/mol. The van der Waals surface area contributed by atoms with Crippen molar-refractivity contribution in [3.63, 3.8) is 0 Å². The maximum Gasteiger partial charge on any atom is 0.146 e. The van der Waals surface area contributed by atoms with Crippen molar-refractivity contribution in [2.75, 3.05) is 32.1 Å². The minimum Gasteiger partial charge on any atom is -0.489 e. The molecule has 0 unspecified atom stereocenters. The zero-order valence-corrected chi connectivity index (χ0v) is 11.0. The molecule has 1 aromatic rings. The van der Waals surface area contributed by atoms with Crippen molar-refractivity contribution in [3.05, 3.63) is 23.8 Å². The van der Waals surface area contributed by atoms with Crippen LogP contribution in [0.2, 0.25) is 0 Å². The molecule has 1 aliphatic rings. The summed E-state index contributed by atoms with van der Waals surface area (Å²) in [6.07, 6.45) is 0. The maximum atomic E-state index is 5.77. The van der Waals surface area contributed by atoms with Gasteiger partial charge in [-0.25, -0.2) is 0 Å². The van der Waals surface area contributed by atoms with Crippen LogP contribution in [0, 0.1) is 5.92 Å². The van der Waals surface area contributed by atoms with Crippen molar-refractivity contribution in [1.29, 1.82) is 0 Å². The number of benzene rings is 1. The summed E-state index contributed by atoms with van der Waals surface area (Å²) in [7, 11) is 2.16. The highest BCUT2D eigenvalue weighted by Crippen LogP contribution is 2.31. The van der Waals surface area contributed by atoms with Gasteiger partial charge in [-0.15, -0.1) is 0 Å². The third-order valence-corrected chi connectivity index (χ3v) is 2.88. The van der Waals surface area contributed by atoms with Crippen LogP contribution in [0.3, 0.4) is 0 Å². The van der Waals surface area contributed by atoms with Crippen LogP contribution in [0.4, 0.5) is 5.69 Å². The second-order valence-corrected chi connectivity index (χ2v) is 5.16. The lowest BCUT2D eigenvalue weighted by atomic mass is 10.1. The number of nitrogens with zero attached hydrogens (tertiary/aromatic N) is 1. The number of hydrogen-bond acceptors (Lipinski definition) is 3. The van der Waals surface area contributed by atoms with E-state index in [1.165, 1.54) is 5.56 Å². The Labute approximate surface area is 104 Å². The second kappa shape index (κ2) is 5.41. The van der Waals surface area contributed by atoms with E-state index in [2.05, 4.69) is 49.3 Å². The predicted molar refractivity (Wildman–Crippen MR) is 71.6 cm³/mol. The molecule has 0 radical (unpaired) electrons. The molecule has 2 rings (SSSR count). The van der Waals surface area contributed by atoms with Crippen molar-refractivity contribution in [2.24, 2.45) is 5.92 Å². The van der Waals surface area contributed by atoms with Crippen LogP contribution < -0.4 is 10.1 Å². The average Bonchev–Trinajstić information content (AvgIpc) is 2.28. The Morgan fingerprint density at radius 2 is 2.24 bits per heavy atom. The van der Waals surface area contributed by atoms with E-state index in [-0.39, 0.29) is 0 Å². The monoisotopic (exact) mass is 234 g/mol. The first-order valence-corrected chi connectivity index (χ1v) is 6.34. The molecule has 1 N–H and O–H groups in total. The Bertz CT molecular complexity index is 376. The lowest BCUT2D eigenvalue weighted by molar-refractivity contribution is 0.274. The lowest BCUT2D eigenvalue weighted by Gasteiger charge is -2.25. The highest BCUT2D eigenvalue weighted by molar-refractivity contribution is 5.61. The van der Waals surface area contributed by atoms with E-state index in [0.29, 0.717) is 5.92 Å². The quantitative estimate of drug-likeness (QED) is 0.866. The molecule has 0 amide bonds. The number of ether oxygens (including phenoxy) is 1. The molecule has 94 valence electrons. The molecule has 0 atom stereocenters. The van der Waals surface area contributed by atoms with E-state index in [0.717, 1.165) is 37.7 Å². The van der Waals surface area contributed by atoms with Gasteiger partial charge in [0.2, 0.25) is 0 Å². The van der Waals surface area contributed by atoms with Crippen molar-refractivity contribution >= 4 is 5.69 Å². The Balaban J connectivity index is 2.10. The van der Waals surface area contributed by atoms with Crippen molar-refractivity contribution in [3.8, 4) is 5.75 Å². The summed E-state index contributed by atoms with van der Waals surface area (Å²) in [4.78, 5) is 2.35. The Morgan fingerprint density at radius 1 is 1.41 bits per heavy atom. The molecule has 3 nitrogen and oxygen atoms in total. The first-order valence-electron chi connectivity index (χ1n) is 6.34. The summed E-state index contributed by atoms with van der Waals surface area (Å²) in [6.45, 7) is 8.21. The molecule has 0 saturated heterocycles. The fourth-order valence-corrected chi connectivity index (χ4v) is 2.34. The normalized spacial score (nSPS) is 14.4. The molecular formula is C14H22N2O. The minimum atomic E-state index is 0.693. The zero-order valence-electron chi connectivity index (χ0n) is 11.0. The van der Waals surface area contributed by atoms with Gasteiger partial charge in [0.05, 0.1) is 5.69 Å². The molecule has 0 saturated carbocycles. The van der Waals surface area contributed by atoms with Crippen LogP contribution in [0.1, 0.15) is 19.4 Å². The van der Waals surface area contributed by atoms with E-state index in [4.69, 9.17) is 4.74 Å². The van der Waals surface area contributed by atoms with Crippen LogP contribution >= 0.6 is 0 Å². The highest BCUT2D eigenvalue weighted by Gasteiger charge is 2.14. The summed E-state index contributed by atoms with van der Waals surface area (Å²) >= 11 is 0. The van der Waals surface area contributed by atoms with Gasteiger partial charge in [-0.2, -0.15) is 0 Å². The van der Waals surface area contributed by atoms with Crippen LogP contribution in [-0.2, 0) is 6.54 Å². The maximum absolute atomic E-state index is 5.77. The first-order chi connectivity index (χ1) is 8.16. The SMILES string of the molecule is CC(C)CN(C)Cc1cccc2c1OCCN2. The van der Waals surface area contributed by atoms with E-state index < -0.39 is 0 Å². The van der Waals surface area contributed by atoms with Gasteiger partial charge in [-0.3, -0.25) is 0 Å². The molecule has 1 heterocycles. The largest absolute Gasteiger partial charge is 0.489 e. The fraction of sp³-hybridized carbons (Fsp3) is 0.571. The zero-order chi connectivity index (χ0) is 12.3. The molecule has 0 spiro atoms. The molecule has 0 fully saturated rings. The highest BCUT2D eigenvalue weighted by atomic mass is 16.5. The fourth-order valence-electron chi connectivity index (χ4n) is 2.34. The standard InChI is InChI=1S/C14H22N2O/c1-11(2)9-16(3)10-12-5-4-6-13-14(12)17-8-7-15-13/h4-6,11,15H,7-10H2,1-3H3. The summed E-state index contributed by atoms with van der Waals surface area (Å²) in [6, 6.07) is 6.34. The number of para-hydroxylation sites is 1. The number of anilines is 1. The van der Waals surface area contributed by atoms with Crippen molar-refractivity contribution in [1.82, 2.24) is 4.90 Å². The number of hydrogen-bond donors (Lipinski definition) is 1. The van der Waals surface area contributed by atoms with Gasteiger partial charge in [-0.1, -0.05) is 26.0 Å². The van der Waals surface area contributed by atoms with Gasteiger partial charge < -0.3 is 15.0 Å². The van der Waals surface area contributed by atoms with E-state index >= 15 is 0 Å². The average molecular weight is 234 g/mol. The lowest BCUT2D eigenvalue weighted by Crippen LogP contribution is -2.24. The number of fused-ring (bicyclic) bond motifs is 1. The van der Waals surface area contributed by atoms with Gasteiger partial charge in [0.1, 0.15) is 12.4 Å². The van der Waals surface area contributed by atoms with Crippen LogP contribution in [0.15, 0.2) is 18.2 Å². The number of rotatable bonds is 4. The summed E-state index contributed by atoms with van der Waals surface area (Å²) < 4.78 is 5.77. The molecule has 1 aromatic carbocycles. The second-order valence-electron chi connectivity index (χ2n) is 5.16. The molecule has 0 aromatic heterocycles. The summed E-state index contributed by atoms with van der Waals surface area (Å²) in [5, 5.41) is 3.37. The predicted octanol–water partition coefficient (Wildman–Crippen LogP) is 2.58. The first kappa shape index (κ1) is 12.2. The molecule has 0 aliphatic carbocycles. The van der Waals surface area contributed by atoms with Gasteiger partial charge in [0, 0.05) is 25.2 Å². The van der Waals surface area contributed by atoms with Crippen molar-refractivity contribution in [2.45, 2.75) is 20.4 Å². The molecule has 1 aliphatic heterocycles. The van der Waals surface area contributed by atoms with Gasteiger partial charge in [0.15, 0.2) is 0 Å². The summed E-state index contributed by atoms with van der Waals surface area (Å²) in [5.74, 6) is 1.73. The van der Waals surface area contributed by atoms with Crippen LogP contribution in [0.5, 0.6) is 5.75 Å². The third kappa shape index (κ3) is 3.13. The van der Waals surface area contributed by atoms with E-state index in [1.54, 1.807) is 0 Å². The van der Waals surface area contributed by atoms with E-state index in [1.807, 2.05) is 0 Å². The van der Waals surface area contributed by atoms with Gasteiger partial charge >= 0.3 is 0 Å². The number of nitrogens with one attached hydrogen (secondary N) is 1. The Morgan fingerprint density at radius 3 is 3.00 bits per heavy atom. The summed E-state index contributed by atoms with van der Waals surface area (Å²) in [5.41, 5.74) is 2.41. The molecule has 0 bridgehead atoms. The van der Waals surface area contributed by atoms with E-state index in [9.17, 15) is 0 Å². The van der Waals surface area contributed by atoms with Crippen LogP contribution in [-0.4, -0.2) is 31.6 Å². The Hall–Kier alpha value is -1.22. The van der Waals surface area contributed by atoms with Crippen LogP contribution in [0.25, 0.3) is 0 Å². The molecule has 17 heavy (non-hydrogen) atoms. The third-order valence-electron chi connectivity index (χ3n) is 2.88. The smallest absolute Gasteiger partial charge is 0.146 e.